The van der Waals surface area contributed by atoms with Gasteiger partial charge < -0.3 is 30.8 Å². The van der Waals surface area contributed by atoms with E-state index in [0.29, 0.717) is 11.2 Å². The lowest BCUT2D eigenvalue weighted by Gasteiger charge is -2.27. The van der Waals surface area contributed by atoms with Crippen molar-refractivity contribution < 1.29 is 28.9 Å². The quantitative estimate of drug-likeness (QED) is 0.529. The topological polar surface area (TPSA) is 164 Å². The van der Waals surface area contributed by atoms with Gasteiger partial charge in [-0.25, -0.2) is 9.50 Å². The van der Waals surface area contributed by atoms with Crippen LogP contribution >= 0.6 is 0 Å². The monoisotopic (exact) mass is 421 g/mol. The van der Waals surface area contributed by atoms with Crippen LogP contribution in [0.1, 0.15) is 33.4 Å². The summed E-state index contributed by atoms with van der Waals surface area (Å²) in [6.07, 6.45) is -1.97. The van der Waals surface area contributed by atoms with E-state index in [9.17, 15) is 14.7 Å². The molecule has 164 valence electrons. The van der Waals surface area contributed by atoms with Gasteiger partial charge in [-0.2, -0.15) is 5.10 Å². The van der Waals surface area contributed by atoms with Gasteiger partial charge in [-0.3, -0.25) is 9.59 Å². The SMILES string of the molecule is CC(=O)O[C@H]1[C@@H](O)[C@](C)(c2ccc3c(N)ncnn23)O[C@@H]1COC(=O)[C@@H](N)C(C)C. The summed E-state index contributed by atoms with van der Waals surface area (Å²) in [5.41, 5.74) is 11.4. The highest BCUT2D eigenvalue weighted by molar-refractivity contribution is 5.75. The van der Waals surface area contributed by atoms with Gasteiger partial charge in [-0.15, -0.1) is 0 Å². The molecular formula is C19H27N5O6. The minimum atomic E-state index is -1.33. The number of ether oxygens (including phenoxy) is 3. The molecule has 0 spiro atoms. The maximum Gasteiger partial charge on any atom is 0.323 e. The fraction of sp³-hybridized carbons (Fsp3) is 0.579. The molecule has 2 aromatic rings. The van der Waals surface area contributed by atoms with Crippen LogP contribution in [0.25, 0.3) is 5.52 Å². The number of carbonyl (C=O) groups is 2. The maximum absolute atomic E-state index is 12.1. The second-order valence-electron chi connectivity index (χ2n) is 7.84. The Bertz CT molecular complexity index is 947. The van der Waals surface area contributed by atoms with Crippen LogP contribution in [-0.4, -0.2) is 62.6 Å². The molecule has 3 rings (SSSR count). The normalized spacial score (nSPS) is 27.4. The first kappa shape index (κ1) is 21.9. The van der Waals surface area contributed by atoms with Crippen molar-refractivity contribution in [3.05, 3.63) is 24.2 Å². The molecule has 1 aliphatic rings. The zero-order valence-corrected chi connectivity index (χ0v) is 17.3. The number of aliphatic hydroxyl groups is 1. The Kier molecular flexibility index (Phi) is 5.97. The van der Waals surface area contributed by atoms with Crippen LogP contribution < -0.4 is 11.5 Å². The molecule has 0 aromatic carbocycles. The predicted molar refractivity (Wildman–Crippen MR) is 105 cm³/mol. The van der Waals surface area contributed by atoms with Gasteiger partial charge >= 0.3 is 11.9 Å². The van der Waals surface area contributed by atoms with Crippen molar-refractivity contribution in [3.8, 4) is 0 Å². The summed E-state index contributed by atoms with van der Waals surface area (Å²) in [7, 11) is 0. The van der Waals surface area contributed by atoms with E-state index in [1.54, 1.807) is 32.9 Å². The smallest absolute Gasteiger partial charge is 0.323 e. The van der Waals surface area contributed by atoms with Crippen LogP contribution in [0.4, 0.5) is 5.82 Å². The number of anilines is 1. The number of hydrogen-bond donors (Lipinski definition) is 3. The number of fused-ring (bicyclic) bond motifs is 1. The van der Waals surface area contributed by atoms with E-state index in [2.05, 4.69) is 10.1 Å². The summed E-state index contributed by atoms with van der Waals surface area (Å²) >= 11 is 0. The minimum Gasteiger partial charge on any atom is -0.462 e. The molecule has 5 N–H and O–H groups in total. The first-order valence-corrected chi connectivity index (χ1v) is 9.60. The van der Waals surface area contributed by atoms with Crippen LogP contribution in [-0.2, 0) is 29.4 Å². The van der Waals surface area contributed by atoms with Crippen molar-refractivity contribution >= 4 is 23.3 Å². The summed E-state index contributed by atoms with van der Waals surface area (Å²) in [5, 5.41) is 15.2. The van der Waals surface area contributed by atoms with E-state index in [0.717, 1.165) is 0 Å². The van der Waals surface area contributed by atoms with Crippen molar-refractivity contribution in [1.29, 1.82) is 0 Å². The largest absolute Gasteiger partial charge is 0.462 e. The number of nitrogens with two attached hydrogens (primary N) is 2. The fourth-order valence-corrected chi connectivity index (χ4v) is 3.50. The van der Waals surface area contributed by atoms with Crippen molar-refractivity contribution in [2.75, 3.05) is 12.3 Å². The highest BCUT2D eigenvalue weighted by Gasteiger charge is 2.56. The van der Waals surface area contributed by atoms with Gasteiger partial charge in [0.15, 0.2) is 11.9 Å². The lowest BCUT2D eigenvalue weighted by atomic mass is 9.93. The predicted octanol–water partition coefficient (Wildman–Crippen LogP) is -0.255. The minimum absolute atomic E-state index is 0.112. The van der Waals surface area contributed by atoms with Crippen molar-refractivity contribution in [3.63, 3.8) is 0 Å². The van der Waals surface area contributed by atoms with Gasteiger partial charge in [-0.05, 0) is 25.0 Å². The number of nitrogen functional groups attached to an aromatic ring is 1. The summed E-state index contributed by atoms with van der Waals surface area (Å²) in [5.74, 6) is -1.06. The number of aliphatic hydroxyl groups excluding tert-OH is 1. The van der Waals surface area contributed by atoms with Gasteiger partial charge in [0.25, 0.3) is 0 Å². The molecule has 11 heteroatoms. The molecule has 11 nitrogen and oxygen atoms in total. The molecule has 1 aliphatic heterocycles. The van der Waals surface area contributed by atoms with Crippen molar-refractivity contribution in [2.45, 2.75) is 57.6 Å². The fourth-order valence-electron chi connectivity index (χ4n) is 3.50. The molecule has 0 aliphatic carbocycles. The van der Waals surface area contributed by atoms with E-state index in [4.69, 9.17) is 25.7 Å². The van der Waals surface area contributed by atoms with Crippen molar-refractivity contribution in [2.24, 2.45) is 11.7 Å². The van der Waals surface area contributed by atoms with Gasteiger partial charge in [0.2, 0.25) is 0 Å². The number of hydrogen-bond acceptors (Lipinski definition) is 10. The molecule has 0 unspecified atom stereocenters. The lowest BCUT2D eigenvalue weighted by molar-refractivity contribution is -0.160. The Balaban J connectivity index is 1.90. The third kappa shape index (κ3) is 3.83. The molecule has 30 heavy (non-hydrogen) atoms. The highest BCUT2D eigenvalue weighted by Crippen LogP contribution is 2.41. The van der Waals surface area contributed by atoms with Crippen LogP contribution in [0.15, 0.2) is 18.5 Å². The summed E-state index contributed by atoms with van der Waals surface area (Å²) in [4.78, 5) is 27.7. The van der Waals surface area contributed by atoms with Crippen LogP contribution in [0.5, 0.6) is 0 Å². The third-order valence-corrected chi connectivity index (χ3v) is 5.31. The number of esters is 2. The van der Waals surface area contributed by atoms with E-state index in [1.165, 1.54) is 17.8 Å². The van der Waals surface area contributed by atoms with Crippen LogP contribution in [0.2, 0.25) is 0 Å². The zero-order valence-electron chi connectivity index (χ0n) is 17.3. The van der Waals surface area contributed by atoms with Gasteiger partial charge in [0, 0.05) is 6.92 Å². The highest BCUT2D eigenvalue weighted by atomic mass is 16.6. The first-order valence-electron chi connectivity index (χ1n) is 9.60. The third-order valence-electron chi connectivity index (χ3n) is 5.31. The van der Waals surface area contributed by atoms with Gasteiger partial charge in [0.1, 0.15) is 42.3 Å². The first-order chi connectivity index (χ1) is 14.1. The molecule has 0 radical (unpaired) electrons. The molecule has 3 heterocycles. The van der Waals surface area contributed by atoms with Gasteiger partial charge in [0.05, 0.1) is 5.69 Å². The van der Waals surface area contributed by atoms with E-state index in [1.807, 2.05) is 0 Å². The van der Waals surface area contributed by atoms with Gasteiger partial charge in [-0.1, -0.05) is 13.8 Å². The Morgan fingerprint density at radius 3 is 2.73 bits per heavy atom. The molecule has 0 bridgehead atoms. The maximum atomic E-state index is 12.1. The zero-order chi connectivity index (χ0) is 22.2. The number of nitrogens with zero attached hydrogens (tertiary/aromatic N) is 3. The van der Waals surface area contributed by atoms with E-state index < -0.39 is 41.9 Å². The average Bonchev–Trinajstić information content (AvgIpc) is 3.22. The lowest BCUT2D eigenvalue weighted by Crippen LogP contribution is -2.43. The Hall–Kier alpha value is -2.76. The average molecular weight is 421 g/mol. The molecular weight excluding hydrogens is 394 g/mol. The molecule has 5 atom stereocenters. The summed E-state index contributed by atoms with van der Waals surface area (Å²) < 4.78 is 18.2. The standard InChI is InChI=1S/C19H27N5O6/c1-9(2)14(20)18(27)28-7-12-15(29-10(3)25)16(26)19(4,30-12)13-6-5-11-17(21)22-8-23-24(11)13/h5-6,8-9,12,14-16,26H,7,20H2,1-4H3,(H2,21,22,23)/t12-,14+,15-,16-,19+/m1/s1. The summed E-state index contributed by atoms with van der Waals surface area (Å²) in [6.45, 7) is 6.21. The number of carbonyl (C=O) groups excluding carboxylic acids is 2. The second kappa shape index (κ2) is 8.17. The van der Waals surface area contributed by atoms with E-state index >= 15 is 0 Å². The number of aromatic nitrogens is 3. The molecule has 1 saturated heterocycles. The van der Waals surface area contributed by atoms with Crippen molar-refractivity contribution in [1.82, 2.24) is 14.6 Å². The Labute approximate surface area is 173 Å². The molecule has 2 aromatic heterocycles. The second-order valence-corrected chi connectivity index (χ2v) is 7.84. The van der Waals surface area contributed by atoms with E-state index in [-0.39, 0.29) is 18.3 Å². The van der Waals surface area contributed by atoms with Crippen LogP contribution in [0, 0.1) is 5.92 Å². The Morgan fingerprint density at radius 1 is 1.40 bits per heavy atom. The Morgan fingerprint density at radius 2 is 2.10 bits per heavy atom. The summed E-state index contributed by atoms with van der Waals surface area (Å²) in [6, 6.07) is 2.59. The molecule has 1 fully saturated rings. The van der Waals surface area contributed by atoms with Crippen LogP contribution in [0.3, 0.4) is 0 Å². The number of rotatable bonds is 6. The molecule has 0 saturated carbocycles. The molecule has 0 amide bonds.